The molecule has 0 unspecified atom stereocenters. The Morgan fingerprint density at radius 2 is 1.76 bits per heavy atom. The first-order valence-corrected chi connectivity index (χ1v) is 5.33. The van der Waals surface area contributed by atoms with Crippen LogP contribution in [0.3, 0.4) is 0 Å². The molecule has 4 rings (SSSR count). The minimum atomic E-state index is 0.0264. The summed E-state index contributed by atoms with van der Waals surface area (Å²) in [5, 5.41) is 1.65. The van der Waals surface area contributed by atoms with E-state index in [1.54, 1.807) is 18.5 Å². The van der Waals surface area contributed by atoms with Gasteiger partial charge in [0.2, 0.25) is 11.2 Å². The summed E-state index contributed by atoms with van der Waals surface area (Å²) < 4.78 is 1.81. The van der Waals surface area contributed by atoms with Crippen LogP contribution >= 0.6 is 0 Å². The Labute approximate surface area is 95.5 Å². The van der Waals surface area contributed by atoms with Crippen LogP contribution in [0.5, 0.6) is 0 Å². The van der Waals surface area contributed by atoms with Gasteiger partial charge in [-0.3, -0.25) is 9.20 Å². The zero-order valence-corrected chi connectivity index (χ0v) is 8.79. The lowest BCUT2D eigenvalue weighted by molar-refractivity contribution is 1.17. The molecule has 3 heterocycles. The number of hydrogen-bond acceptors (Lipinski definition) is 3. The van der Waals surface area contributed by atoms with Crippen molar-refractivity contribution in [2.75, 3.05) is 0 Å². The second-order valence-electron chi connectivity index (χ2n) is 3.98. The van der Waals surface area contributed by atoms with Gasteiger partial charge in [0.15, 0.2) is 0 Å². The van der Waals surface area contributed by atoms with Crippen molar-refractivity contribution >= 4 is 27.6 Å². The van der Waals surface area contributed by atoms with Crippen molar-refractivity contribution in [1.82, 2.24) is 14.4 Å². The number of aromatic nitrogens is 3. The van der Waals surface area contributed by atoms with Crippen molar-refractivity contribution < 1.29 is 0 Å². The molecule has 4 aromatic rings. The quantitative estimate of drug-likeness (QED) is 0.425. The maximum absolute atomic E-state index is 12.3. The maximum atomic E-state index is 12.3. The molecular weight excluding hydrogens is 214 g/mol. The van der Waals surface area contributed by atoms with Gasteiger partial charge in [-0.05, 0) is 6.07 Å². The lowest BCUT2D eigenvalue weighted by atomic mass is 10.1. The highest BCUT2D eigenvalue weighted by Crippen LogP contribution is 2.20. The maximum Gasteiger partial charge on any atom is 0.234 e. The Hall–Kier alpha value is -2.49. The average molecular weight is 221 g/mol. The summed E-state index contributed by atoms with van der Waals surface area (Å²) >= 11 is 0. The molecule has 0 atom stereocenters. The molecule has 4 heteroatoms. The molecule has 0 aliphatic rings. The van der Waals surface area contributed by atoms with Gasteiger partial charge in [-0.15, -0.1) is 0 Å². The number of benzene rings is 1. The van der Waals surface area contributed by atoms with Crippen LogP contribution in [-0.2, 0) is 0 Å². The van der Waals surface area contributed by atoms with E-state index in [-0.39, 0.29) is 5.43 Å². The molecule has 0 saturated carbocycles. The Bertz CT molecular complexity index is 911. The normalized spacial score (nSPS) is 11.8. The first-order valence-electron chi connectivity index (χ1n) is 5.33. The SMILES string of the molecule is O=c1c2ccccc2c2cnc3nccc1n32. The Morgan fingerprint density at radius 3 is 2.65 bits per heavy atom. The van der Waals surface area contributed by atoms with E-state index >= 15 is 0 Å². The van der Waals surface area contributed by atoms with Gasteiger partial charge in [0.25, 0.3) is 0 Å². The topological polar surface area (TPSA) is 47.3 Å². The van der Waals surface area contributed by atoms with Gasteiger partial charge in [-0.25, -0.2) is 9.97 Å². The van der Waals surface area contributed by atoms with E-state index in [9.17, 15) is 4.79 Å². The fourth-order valence-electron chi connectivity index (χ4n) is 2.33. The standard InChI is InChI=1S/C13H7N3O/c17-12-9-4-2-1-3-8(9)11-7-15-13-14-6-5-10(12)16(11)13/h1-7H. The van der Waals surface area contributed by atoms with E-state index < -0.39 is 0 Å². The second-order valence-corrected chi connectivity index (χ2v) is 3.98. The Balaban J connectivity index is 2.53. The van der Waals surface area contributed by atoms with Gasteiger partial charge in [-0.2, -0.15) is 0 Å². The first-order chi connectivity index (χ1) is 8.36. The smallest absolute Gasteiger partial charge is 0.234 e. The number of imidazole rings is 1. The molecule has 0 saturated heterocycles. The number of pyridine rings is 1. The van der Waals surface area contributed by atoms with Crippen LogP contribution in [0, 0.1) is 0 Å². The highest BCUT2D eigenvalue weighted by atomic mass is 16.1. The average Bonchev–Trinajstić information content (AvgIpc) is 2.81. The monoisotopic (exact) mass is 221 g/mol. The Morgan fingerprint density at radius 1 is 0.941 bits per heavy atom. The molecule has 0 spiro atoms. The van der Waals surface area contributed by atoms with Crippen LogP contribution in [0.15, 0.2) is 47.5 Å². The van der Waals surface area contributed by atoms with Crippen LogP contribution < -0.4 is 5.43 Å². The second kappa shape index (κ2) is 2.79. The third kappa shape index (κ3) is 0.945. The van der Waals surface area contributed by atoms with Crippen molar-refractivity contribution in [2.24, 2.45) is 0 Å². The Kier molecular flexibility index (Phi) is 1.42. The van der Waals surface area contributed by atoms with E-state index in [0.717, 1.165) is 16.3 Å². The summed E-state index contributed by atoms with van der Waals surface area (Å²) in [5.74, 6) is 0.570. The molecule has 0 N–H and O–H groups in total. The van der Waals surface area contributed by atoms with E-state index in [1.807, 2.05) is 28.7 Å². The molecule has 0 aliphatic carbocycles. The molecule has 17 heavy (non-hydrogen) atoms. The van der Waals surface area contributed by atoms with Gasteiger partial charge < -0.3 is 0 Å². The van der Waals surface area contributed by atoms with Crippen molar-refractivity contribution in [3.63, 3.8) is 0 Å². The summed E-state index contributed by atoms with van der Waals surface area (Å²) in [7, 11) is 0. The molecule has 1 aromatic carbocycles. The largest absolute Gasteiger partial charge is 0.287 e. The van der Waals surface area contributed by atoms with E-state index in [1.165, 1.54) is 0 Å². The summed E-state index contributed by atoms with van der Waals surface area (Å²) in [6.45, 7) is 0. The first kappa shape index (κ1) is 8.64. The van der Waals surface area contributed by atoms with Crippen molar-refractivity contribution in [1.29, 1.82) is 0 Å². The molecule has 0 bridgehead atoms. The number of nitrogens with zero attached hydrogens (tertiary/aromatic N) is 3. The zero-order valence-electron chi connectivity index (χ0n) is 8.79. The van der Waals surface area contributed by atoms with Crippen molar-refractivity contribution in [3.05, 3.63) is 52.9 Å². The fraction of sp³-hybridized carbons (Fsp3) is 0. The molecule has 4 nitrogen and oxygen atoms in total. The molecule has 0 amide bonds. The van der Waals surface area contributed by atoms with Crippen LogP contribution in [-0.4, -0.2) is 14.4 Å². The summed E-state index contributed by atoms with van der Waals surface area (Å²) in [4.78, 5) is 20.7. The number of hydrogen-bond donors (Lipinski definition) is 0. The lowest BCUT2D eigenvalue weighted by Gasteiger charge is -2.03. The van der Waals surface area contributed by atoms with Crippen LogP contribution in [0.1, 0.15) is 0 Å². The van der Waals surface area contributed by atoms with Crippen LogP contribution in [0.4, 0.5) is 0 Å². The predicted molar refractivity (Wildman–Crippen MR) is 65.5 cm³/mol. The van der Waals surface area contributed by atoms with Crippen LogP contribution in [0.25, 0.3) is 27.6 Å². The van der Waals surface area contributed by atoms with Gasteiger partial charge in [0, 0.05) is 17.0 Å². The van der Waals surface area contributed by atoms with E-state index in [0.29, 0.717) is 11.3 Å². The molecule has 0 aliphatic heterocycles. The van der Waals surface area contributed by atoms with Crippen LogP contribution in [0.2, 0.25) is 0 Å². The molecule has 3 aromatic heterocycles. The summed E-state index contributed by atoms with van der Waals surface area (Å²) in [5.41, 5.74) is 1.58. The molecule has 0 radical (unpaired) electrons. The third-order valence-electron chi connectivity index (χ3n) is 3.09. The van der Waals surface area contributed by atoms with Gasteiger partial charge in [-0.1, -0.05) is 24.3 Å². The molecular formula is C13H7N3O. The number of fused-ring (bicyclic) bond motifs is 2. The summed E-state index contributed by atoms with van der Waals surface area (Å²) in [6, 6.07) is 9.32. The highest BCUT2D eigenvalue weighted by molar-refractivity contribution is 5.99. The van der Waals surface area contributed by atoms with Gasteiger partial charge in [0.05, 0.1) is 17.2 Å². The molecule has 80 valence electrons. The molecule has 0 fully saturated rings. The number of rotatable bonds is 0. The minimum absolute atomic E-state index is 0.0264. The van der Waals surface area contributed by atoms with E-state index in [4.69, 9.17) is 0 Å². The third-order valence-corrected chi connectivity index (χ3v) is 3.09. The fourth-order valence-corrected chi connectivity index (χ4v) is 2.33. The van der Waals surface area contributed by atoms with Gasteiger partial charge in [0.1, 0.15) is 0 Å². The van der Waals surface area contributed by atoms with E-state index in [2.05, 4.69) is 9.97 Å². The highest BCUT2D eigenvalue weighted by Gasteiger charge is 2.11. The lowest BCUT2D eigenvalue weighted by Crippen LogP contribution is -2.08. The van der Waals surface area contributed by atoms with Gasteiger partial charge >= 0.3 is 0 Å². The van der Waals surface area contributed by atoms with Crippen molar-refractivity contribution in [3.8, 4) is 0 Å². The summed E-state index contributed by atoms with van der Waals surface area (Å²) in [6.07, 6.45) is 3.38. The predicted octanol–water partition coefficient (Wildman–Crippen LogP) is 1.83. The minimum Gasteiger partial charge on any atom is -0.287 e. The van der Waals surface area contributed by atoms with Crippen molar-refractivity contribution in [2.45, 2.75) is 0 Å². The zero-order chi connectivity index (χ0) is 11.4.